The lowest BCUT2D eigenvalue weighted by Gasteiger charge is -2.37. The highest BCUT2D eigenvalue weighted by atomic mass is 16.1. The molecule has 21 heavy (non-hydrogen) atoms. The molecule has 1 aliphatic heterocycles. The molecule has 0 spiro atoms. The minimum atomic E-state index is -0.00672. The van der Waals surface area contributed by atoms with Crippen LogP contribution >= 0.6 is 0 Å². The Morgan fingerprint density at radius 1 is 1.38 bits per heavy atom. The van der Waals surface area contributed by atoms with Crippen molar-refractivity contribution in [2.45, 2.75) is 57.4 Å². The van der Waals surface area contributed by atoms with Crippen LogP contribution in [-0.2, 0) is 0 Å². The second kappa shape index (κ2) is 6.60. The summed E-state index contributed by atoms with van der Waals surface area (Å²) in [5.41, 5.74) is -0.00672. The van der Waals surface area contributed by atoms with Gasteiger partial charge in [0.25, 0.3) is 5.56 Å². The largest absolute Gasteiger partial charge is 0.352 e. The molecule has 5 nitrogen and oxygen atoms in total. The third-order valence-electron chi connectivity index (χ3n) is 4.44. The molecule has 0 amide bonds. The van der Waals surface area contributed by atoms with E-state index in [9.17, 15) is 4.79 Å². The van der Waals surface area contributed by atoms with Crippen molar-refractivity contribution in [3.8, 4) is 0 Å². The topological polar surface area (TPSA) is 61.0 Å². The van der Waals surface area contributed by atoms with Crippen molar-refractivity contribution in [1.29, 1.82) is 0 Å². The number of aromatic nitrogens is 2. The van der Waals surface area contributed by atoms with Crippen molar-refractivity contribution < 1.29 is 0 Å². The standard InChI is InChI=1S/C16H26N4O/c1-2-8-17-11-13-5-3-4-9-20(13)14-10-15(21)19-16(18-14)12-6-7-12/h10,12-13,17H,2-9,11H2,1H3,(H,18,19,21). The van der Waals surface area contributed by atoms with Gasteiger partial charge in [-0.25, -0.2) is 4.98 Å². The molecule has 1 aromatic rings. The predicted octanol–water partition coefficient (Wildman–Crippen LogP) is 2.01. The van der Waals surface area contributed by atoms with Crippen LogP contribution < -0.4 is 15.8 Å². The summed E-state index contributed by atoms with van der Waals surface area (Å²) >= 11 is 0. The summed E-state index contributed by atoms with van der Waals surface area (Å²) in [7, 11) is 0. The summed E-state index contributed by atoms with van der Waals surface area (Å²) in [6.45, 7) is 5.24. The first kappa shape index (κ1) is 14.6. The Morgan fingerprint density at radius 2 is 2.24 bits per heavy atom. The van der Waals surface area contributed by atoms with Crippen molar-refractivity contribution in [1.82, 2.24) is 15.3 Å². The minimum Gasteiger partial charge on any atom is -0.352 e. The van der Waals surface area contributed by atoms with Gasteiger partial charge in [0.15, 0.2) is 0 Å². The molecule has 116 valence electrons. The van der Waals surface area contributed by atoms with E-state index in [1.807, 2.05) is 0 Å². The highest BCUT2D eigenvalue weighted by molar-refractivity contribution is 5.40. The Hall–Kier alpha value is -1.36. The number of hydrogen-bond acceptors (Lipinski definition) is 4. The fourth-order valence-electron chi connectivity index (χ4n) is 3.12. The highest BCUT2D eigenvalue weighted by Gasteiger charge is 2.29. The van der Waals surface area contributed by atoms with Crippen LogP contribution in [0, 0.1) is 0 Å². The summed E-state index contributed by atoms with van der Waals surface area (Å²) in [6, 6.07) is 2.14. The molecule has 0 aromatic carbocycles. The molecule has 1 aliphatic carbocycles. The summed E-state index contributed by atoms with van der Waals surface area (Å²) in [5.74, 6) is 2.26. The molecule has 1 atom stereocenters. The number of piperidine rings is 1. The number of anilines is 1. The maximum Gasteiger partial charge on any atom is 0.252 e. The van der Waals surface area contributed by atoms with E-state index in [1.165, 1.54) is 19.3 Å². The quantitative estimate of drug-likeness (QED) is 0.787. The second-order valence-electron chi connectivity index (χ2n) is 6.31. The monoisotopic (exact) mass is 290 g/mol. The van der Waals surface area contributed by atoms with E-state index >= 15 is 0 Å². The highest BCUT2D eigenvalue weighted by Crippen LogP contribution is 2.38. The van der Waals surface area contributed by atoms with Gasteiger partial charge in [-0.1, -0.05) is 6.92 Å². The number of hydrogen-bond donors (Lipinski definition) is 2. The zero-order valence-corrected chi connectivity index (χ0v) is 12.9. The van der Waals surface area contributed by atoms with Crippen molar-refractivity contribution >= 4 is 5.82 Å². The van der Waals surface area contributed by atoms with Crippen LogP contribution in [0.15, 0.2) is 10.9 Å². The Balaban J connectivity index is 1.77. The van der Waals surface area contributed by atoms with Gasteiger partial charge in [0.05, 0.1) is 0 Å². The predicted molar refractivity (Wildman–Crippen MR) is 85.0 cm³/mol. The molecule has 2 N–H and O–H groups in total. The second-order valence-corrected chi connectivity index (χ2v) is 6.31. The number of rotatable bonds is 6. The molecule has 2 aliphatic rings. The third kappa shape index (κ3) is 3.64. The van der Waals surface area contributed by atoms with Gasteiger partial charge in [-0.2, -0.15) is 0 Å². The van der Waals surface area contributed by atoms with Gasteiger partial charge in [0, 0.05) is 31.1 Å². The maximum absolute atomic E-state index is 11.9. The smallest absolute Gasteiger partial charge is 0.252 e. The molecule has 1 unspecified atom stereocenters. The lowest BCUT2D eigenvalue weighted by atomic mass is 10.0. The van der Waals surface area contributed by atoms with E-state index in [2.05, 4.69) is 22.1 Å². The Morgan fingerprint density at radius 3 is 3.00 bits per heavy atom. The van der Waals surface area contributed by atoms with Gasteiger partial charge in [0.1, 0.15) is 11.6 Å². The number of nitrogens with zero attached hydrogens (tertiary/aromatic N) is 2. The number of aromatic amines is 1. The van der Waals surface area contributed by atoms with Gasteiger partial charge >= 0.3 is 0 Å². The molecule has 2 heterocycles. The Kier molecular flexibility index (Phi) is 4.58. The van der Waals surface area contributed by atoms with Gasteiger partial charge in [0.2, 0.25) is 0 Å². The van der Waals surface area contributed by atoms with Crippen LogP contribution in [0.25, 0.3) is 0 Å². The summed E-state index contributed by atoms with van der Waals surface area (Å²) < 4.78 is 0. The minimum absolute atomic E-state index is 0.00672. The van der Waals surface area contributed by atoms with Crippen molar-refractivity contribution in [2.24, 2.45) is 0 Å². The molecule has 1 saturated carbocycles. The molecule has 2 fully saturated rings. The summed E-state index contributed by atoms with van der Waals surface area (Å²) in [5, 5.41) is 3.51. The van der Waals surface area contributed by atoms with E-state index in [1.54, 1.807) is 6.07 Å². The van der Waals surface area contributed by atoms with Gasteiger partial charge in [-0.05, 0) is 45.1 Å². The molecular formula is C16H26N4O. The summed E-state index contributed by atoms with van der Waals surface area (Å²) in [6.07, 6.45) is 7.12. The zero-order chi connectivity index (χ0) is 14.7. The lowest BCUT2D eigenvalue weighted by Crippen LogP contribution is -2.46. The Labute approximate surface area is 126 Å². The Bertz CT molecular complexity index is 523. The zero-order valence-electron chi connectivity index (χ0n) is 12.9. The van der Waals surface area contributed by atoms with Crippen LogP contribution in [0.3, 0.4) is 0 Å². The molecule has 0 bridgehead atoms. The number of nitrogens with one attached hydrogen (secondary N) is 2. The van der Waals surface area contributed by atoms with E-state index in [0.717, 1.165) is 50.5 Å². The number of H-pyrrole nitrogens is 1. The van der Waals surface area contributed by atoms with E-state index < -0.39 is 0 Å². The first-order valence-electron chi connectivity index (χ1n) is 8.36. The molecule has 0 radical (unpaired) electrons. The van der Waals surface area contributed by atoms with Crippen molar-refractivity contribution in [2.75, 3.05) is 24.5 Å². The first-order valence-corrected chi connectivity index (χ1v) is 8.36. The third-order valence-corrected chi connectivity index (χ3v) is 4.44. The van der Waals surface area contributed by atoms with Crippen LogP contribution in [-0.4, -0.2) is 35.6 Å². The van der Waals surface area contributed by atoms with Crippen molar-refractivity contribution in [3.63, 3.8) is 0 Å². The molecule has 1 aromatic heterocycles. The van der Waals surface area contributed by atoms with E-state index in [-0.39, 0.29) is 5.56 Å². The van der Waals surface area contributed by atoms with Crippen molar-refractivity contribution in [3.05, 3.63) is 22.2 Å². The maximum atomic E-state index is 11.9. The lowest BCUT2D eigenvalue weighted by molar-refractivity contribution is 0.432. The summed E-state index contributed by atoms with van der Waals surface area (Å²) in [4.78, 5) is 21.9. The normalized spacial score (nSPS) is 22.5. The van der Waals surface area contributed by atoms with Gasteiger partial charge in [-0.3, -0.25) is 4.79 Å². The first-order chi connectivity index (χ1) is 10.3. The van der Waals surface area contributed by atoms with Crippen LogP contribution in [0.5, 0.6) is 0 Å². The van der Waals surface area contributed by atoms with Gasteiger partial charge in [-0.15, -0.1) is 0 Å². The molecule has 5 heteroatoms. The molecular weight excluding hydrogens is 264 g/mol. The van der Waals surface area contributed by atoms with Crippen LogP contribution in [0.4, 0.5) is 5.82 Å². The van der Waals surface area contributed by atoms with Crippen LogP contribution in [0.1, 0.15) is 57.2 Å². The fourth-order valence-corrected chi connectivity index (χ4v) is 3.12. The van der Waals surface area contributed by atoms with E-state index in [4.69, 9.17) is 4.98 Å². The SMILES string of the molecule is CCCNCC1CCCCN1c1cc(=O)[nH]c(C2CC2)n1. The fraction of sp³-hybridized carbons (Fsp3) is 0.750. The van der Waals surface area contributed by atoms with Crippen LogP contribution in [0.2, 0.25) is 0 Å². The van der Waals surface area contributed by atoms with Gasteiger partial charge < -0.3 is 15.2 Å². The molecule has 3 rings (SSSR count). The molecule has 1 saturated heterocycles. The average Bonchev–Trinajstić information content (AvgIpc) is 3.32. The average molecular weight is 290 g/mol. The van der Waals surface area contributed by atoms with E-state index in [0.29, 0.717) is 12.0 Å².